The molecule has 2 aliphatic heterocycles. The second kappa shape index (κ2) is 8.31. The number of β-amino-alcohol motifs (C(OH)–C–C–N with tert-alkyl or cyclic N) is 1. The van der Waals surface area contributed by atoms with Gasteiger partial charge in [0.25, 0.3) is 0 Å². The predicted octanol–water partition coefficient (Wildman–Crippen LogP) is 4.90. The van der Waals surface area contributed by atoms with E-state index in [2.05, 4.69) is 38.8 Å². The van der Waals surface area contributed by atoms with Crippen LogP contribution in [-0.2, 0) is 5.67 Å². The highest BCUT2D eigenvalue weighted by molar-refractivity contribution is 6.35. The van der Waals surface area contributed by atoms with E-state index in [1.807, 2.05) is 18.3 Å². The molecule has 1 aromatic carbocycles. The minimum Gasteiger partial charge on any atom is -0.391 e. The quantitative estimate of drug-likeness (QED) is 0.571. The third kappa shape index (κ3) is 3.89. The largest absolute Gasteiger partial charge is 0.391 e. The highest BCUT2D eigenvalue weighted by Gasteiger charge is 2.48. The molecule has 0 unspecified atom stereocenters. The van der Waals surface area contributed by atoms with Crippen LogP contribution >= 0.6 is 11.6 Å². The molecule has 3 aromatic rings. The standard InChI is InChI=1S/C26H29ClFN5O/c1-16-3-2-9-29-22(16)17-4-10-32(11-5-17)24-20-13-18(33-12-6-19(34)15-33)14-21(27)23(20)30-25(31-24)26(28)7-8-26/h2-3,9,13-14,17,19,34H,4-8,10-12,15H2,1H3/t19-/m0/s1. The van der Waals surface area contributed by atoms with E-state index in [1.165, 1.54) is 11.3 Å². The number of rotatable bonds is 4. The number of pyridine rings is 1. The summed E-state index contributed by atoms with van der Waals surface area (Å²) in [5.41, 5.74) is 2.53. The summed E-state index contributed by atoms with van der Waals surface area (Å²) in [6, 6.07) is 8.05. The van der Waals surface area contributed by atoms with Gasteiger partial charge >= 0.3 is 0 Å². The van der Waals surface area contributed by atoms with E-state index < -0.39 is 5.67 Å². The van der Waals surface area contributed by atoms with Crippen LogP contribution in [-0.4, -0.2) is 52.3 Å². The van der Waals surface area contributed by atoms with Crippen LogP contribution in [0.5, 0.6) is 0 Å². The topological polar surface area (TPSA) is 65.4 Å². The number of nitrogens with zero attached hydrogens (tertiary/aromatic N) is 5. The van der Waals surface area contributed by atoms with Crippen molar-refractivity contribution in [2.75, 3.05) is 36.0 Å². The molecule has 6 rings (SSSR count). The second-order valence-electron chi connectivity index (χ2n) is 10.0. The van der Waals surface area contributed by atoms with E-state index in [9.17, 15) is 5.11 Å². The lowest BCUT2D eigenvalue weighted by atomic mass is 9.90. The lowest BCUT2D eigenvalue weighted by Gasteiger charge is -2.34. The Bertz CT molecular complexity index is 1240. The zero-order valence-corrected chi connectivity index (χ0v) is 20.1. The van der Waals surface area contributed by atoms with Crippen molar-refractivity contribution in [2.45, 2.75) is 56.7 Å². The first-order valence-corrected chi connectivity index (χ1v) is 12.6. The first kappa shape index (κ1) is 22.0. The number of hydrogen-bond donors (Lipinski definition) is 1. The van der Waals surface area contributed by atoms with Crippen molar-refractivity contribution in [3.05, 3.63) is 52.6 Å². The van der Waals surface area contributed by atoms with E-state index in [0.29, 0.717) is 35.8 Å². The summed E-state index contributed by atoms with van der Waals surface area (Å²) < 4.78 is 15.1. The fraction of sp³-hybridized carbons (Fsp3) is 0.500. The molecule has 34 heavy (non-hydrogen) atoms. The number of aliphatic hydroxyl groups is 1. The first-order chi connectivity index (χ1) is 16.4. The van der Waals surface area contributed by atoms with Gasteiger partial charge in [-0.1, -0.05) is 17.7 Å². The minimum atomic E-state index is -1.44. The second-order valence-corrected chi connectivity index (χ2v) is 10.4. The summed E-state index contributed by atoms with van der Waals surface area (Å²) in [7, 11) is 0. The molecule has 8 heteroatoms. The van der Waals surface area contributed by atoms with E-state index in [1.54, 1.807) is 0 Å². The average Bonchev–Trinajstić information content (AvgIpc) is 3.45. The normalized spacial score (nSPS) is 22.5. The van der Waals surface area contributed by atoms with Gasteiger partial charge in [-0.3, -0.25) is 4.98 Å². The number of benzene rings is 1. The number of aromatic nitrogens is 3. The van der Waals surface area contributed by atoms with Gasteiger partial charge in [-0.05, 0) is 62.8 Å². The van der Waals surface area contributed by atoms with Crippen LogP contribution in [0.3, 0.4) is 0 Å². The van der Waals surface area contributed by atoms with Crippen LogP contribution in [0.4, 0.5) is 15.9 Å². The van der Waals surface area contributed by atoms with Crippen molar-refractivity contribution in [3.63, 3.8) is 0 Å². The Kier molecular flexibility index (Phi) is 5.37. The Morgan fingerprint density at radius 1 is 1.09 bits per heavy atom. The van der Waals surface area contributed by atoms with Crippen LogP contribution < -0.4 is 9.80 Å². The van der Waals surface area contributed by atoms with E-state index >= 15 is 4.39 Å². The zero-order chi connectivity index (χ0) is 23.4. The van der Waals surface area contributed by atoms with Gasteiger partial charge in [0.15, 0.2) is 11.5 Å². The smallest absolute Gasteiger partial charge is 0.170 e. The molecular weight excluding hydrogens is 453 g/mol. The van der Waals surface area contributed by atoms with Crippen molar-refractivity contribution < 1.29 is 9.50 Å². The summed E-state index contributed by atoms with van der Waals surface area (Å²) in [4.78, 5) is 18.4. The molecule has 1 N–H and O–H groups in total. The number of aliphatic hydroxyl groups excluding tert-OH is 1. The maximum atomic E-state index is 15.1. The van der Waals surface area contributed by atoms with Gasteiger partial charge in [-0.15, -0.1) is 0 Å². The Hall–Kier alpha value is -2.51. The lowest BCUT2D eigenvalue weighted by molar-refractivity contribution is 0.198. The number of fused-ring (bicyclic) bond motifs is 1. The molecule has 178 valence electrons. The molecule has 1 aliphatic carbocycles. The first-order valence-electron chi connectivity index (χ1n) is 12.2. The number of aryl methyl sites for hydroxylation is 1. The third-order valence-corrected chi connectivity index (χ3v) is 7.86. The Labute approximate surface area is 203 Å². The Morgan fingerprint density at radius 2 is 1.85 bits per heavy atom. The van der Waals surface area contributed by atoms with Gasteiger partial charge in [0.05, 0.1) is 16.6 Å². The minimum absolute atomic E-state index is 0.254. The maximum Gasteiger partial charge on any atom is 0.170 e. The molecule has 1 saturated carbocycles. The van der Waals surface area contributed by atoms with Gasteiger partial charge in [-0.25, -0.2) is 14.4 Å². The molecule has 4 heterocycles. The van der Waals surface area contributed by atoms with Crippen molar-refractivity contribution in [1.29, 1.82) is 0 Å². The number of piperidine rings is 1. The average molecular weight is 482 g/mol. The van der Waals surface area contributed by atoms with Crippen molar-refractivity contribution in [2.24, 2.45) is 0 Å². The van der Waals surface area contributed by atoms with E-state index in [0.717, 1.165) is 55.8 Å². The van der Waals surface area contributed by atoms with Crippen LogP contribution in [0.1, 0.15) is 55.1 Å². The molecule has 0 spiro atoms. The fourth-order valence-electron chi connectivity index (χ4n) is 5.38. The molecule has 2 aromatic heterocycles. The summed E-state index contributed by atoms with van der Waals surface area (Å²) >= 11 is 6.72. The van der Waals surface area contributed by atoms with E-state index in [-0.39, 0.29) is 11.9 Å². The number of hydrogen-bond acceptors (Lipinski definition) is 6. The SMILES string of the molecule is Cc1cccnc1C1CCN(c2nc(C3(F)CC3)nc3c(Cl)cc(N4CC[C@H](O)C4)cc23)CC1. The summed E-state index contributed by atoms with van der Waals surface area (Å²) in [6.45, 7) is 5.11. The van der Waals surface area contributed by atoms with Crippen molar-refractivity contribution in [3.8, 4) is 0 Å². The molecule has 6 nitrogen and oxygen atoms in total. The molecule has 1 atom stereocenters. The highest BCUT2D eigenvalue weighted by atomic mass is 35.5. The van der Waals surface area contributed by atoms with Crippen LogP contribution in [0.15, 0.2) is 30.5 Å². The molecule has 0 amide bonds. The van der Waals surface area contributed by atoms with Gasteiger partial charge in [0.1, 0.15) is 5.82 Å². The summed E-state index contributed by atoms with van der Waals surface area (Å²) in [5.74, 6) is 1.43. The fourth-order valence-corrected chi connectivity index (χ4v) is 5.64. The Morgan fingerprint density at radius 3 is 2.53 bits per heavy atom. The Balaban J connectivity index is 1.38. The summed E-state index contributed by atoms with van der Waals surface area (Å²) in [6.07, 6.45) is 5.12. The molecule has 3 aliphatic rings. The van der Waals surface area contributed by atoms with Gasteiger partial charge in [0, 0.05) is 55.1 Å². The van der Waals surface area contributed by atoms with Crippen LogP contribution in [0.25, 0.3) is 10.9 Å². The number of anilines is 2. The van der Waals surface area contributed by atoms with Crippen molar-refractivity contribution in [1.82, 2.24) is 15.0 Å². The molecule has 2 saturated heterocycles. The van der Waals surface area contributed by atoms with Crippen LogP contribution in [0, 0.1) is 6.92 Å². The maximum absolute atomic E-state index is 15.1. The molecule has 0 radical (unpaired) electrons. The molecule has 0 bridgehead atoms. The van der Waals surface area contributed by atoms with Gasteiger partial charge in [-0.2, -0.15) is 0 Å². The summed E-state index contributed by atoms with van der Waals surface area (Å²) in [5, 5.41) is 11.4. The van der Waals surface area contributed by atoms with Gasteiger partial charge in [0.2, 0.25) is 0 Å². The van der Waals surface area contributed by atoms with Crippen molar-refractivity contribution >= 4 is 34.0 Å². The monoisotopic (exact) mass is 481 g/mol. The highest BCUT2D eigenvalue weighted by Crippen LogP contribution is 2.49. The lowest BCUT2D eigenvalue weighted by Crippen LogP contribution is -2.34. The third-order valence-electron chi connectivity index (χ3n) is 7.57. The zero-order valence-electron chi connectivity index (χ0n) is 19.3. The number of halogens is 2. The number of alkyl halides is 1. The van der Waals surface area contributed by atoms with Crippen LogP contribution in [0.2, 0.25) is 5.02 Å². The molecular formula is C26H29ClFN5O. The van der Waals surface area contributed by atoms with E-state index in [4.69, 9.17) is 16.6 Å². The molecule has 3 fully saturated rings. The predicted molar refractivity (Wildman–Crippen MR) is 133 cm³/mol. The van der Waals surface area contributed by atoms with Gasteiger partial charge < -0.3 is 14.9 Å².